The van der Waals surface area contributed by atoms with Gasteiger partial charge in [0.2, 0.25) is 5.91 Å². The lowest BCUT2D eigenvalue weighted by Gasteiger charge is -2.15. The van der Waals surface area contributed by atoms with Crippen LogP contribution in [0.4, 0.5) is 5.69 Å². The van der Waals surface area contributed by atoms with Crippen LogP contribution in [0.25, 0.3) is 0 Å². The molecule has 1 amide bonds. The number of rotatable bonds is 2. The first-order valence-electron chi connectivity index (χ1n) is 4.95. The molecule has 1 atom stereocenters. The predicted molar refractivity (Wildman–Crippen MR) is 56.9 cm³/mol. The molecule has 1 aliphatic rings. The number of carbonyl (C=O) groups excluding carboxylic acids is 1. The number of hydrogen-bond acceptors (Lipinski definition) is 3. The summed E-state index contributed by atoms with van der Waals surface area (Å²) < 4.78 is 0. The smallest absolute Gasteiger partial charge is 0.225 e. The van der Waals surface area contributed by atoms with Crippen molar-refractivity contribution in [2.45, 2.75) is 19.1 Å². The molecule has 80 valence electrons. The second-order valence-corrected chi connectivity index (χ2v) is 3.88. The minimum Gasteiger partial charge on any atom is -0.399 e. The second-order valence-electron chi connectivity index (χ2n) is 3.88. The maximum Gasteiger partial charge on any atom is 0.225 e. The van der Waals surface area contributed by atoms with Crippen LogP contribution in [0.15, 0.2) is 24.3 Å². The summed E-state index contributed by atoms with van der Waals surface area (Å²) in [7, 11) is 0. The molecule has 1 heterocycles. The molecule has 1 unspecified atom stereocenters. The van der Waals surface area contributed by atoms with Crippen LogP contribution < -0.4 is 5.73 Å². The number of carbonyl (C=O) groups is 1. The number of amides is 1. The van der Waals surface area contributed by atoms with E-state index in [0.29, 0.717) is 18.8 Å². The van der Waals surface area contributed by atoms with Crippen molar-refractivity contribution in [2.75, 3.05) is 12.3 Å². The van der Waals surface area contributed by atoms with Crippen LogP contribution in [0.5, 0.6) is 0 Å². The largest absolute Gasteiger partial charge is 0.399 e. The Hall–Kier alpha value is -1.55. The molecule has 0 radical (unpaired) electrons. The summed E-state index contributed by atoms with van der Waals surface area (Å²) in [5.74, 6) is 0.00456. The summed E-state index contributed by atoms with van der Waals surface area (Å²) in [4.78, 5) is 13.1. The Morgan fingerprint density at radius 2 is 2.33 bits per heavy atom. The Bertz CT molecular complexity index is 379. The van der Waals surface area contributed by atoms with Gasteiger partial charge in [-0.3, -0.25) is 4.79 Å². The molecule has 15 heavy (non-hydrogen) atoms. The monoisotopic (exact) mass is 206 g/mol. The van der Waals surface area contributed by atoms with E-state index in [4.69, 9.17) is 5.73 Å². The molecule has 1 fully saturated rings. The van der Waals surface area contributed by atoms with E-state index in [9.17, 15) is 9.90 Å². The summed E-state index contributed by atoms with van der Waals surface area (Å²) in [6.45, 7) is 0.953. The molecule has 1 saturated heterocycles. The molecular weight excluding hydrogens is 192 g/mol. The van der Waals surface area contributed by atoms with Crippen LogP contribution in [-0.4, -0.2) is 28.6 Å². The first kappa shape index (κ1) is 9.98. The molecule has 4 heteroatoms. The van der Waals surface area contributed by atoms with Gasteiger partial charge >= 0.3 is 0 Å². The molecule has 3 N–H and O–H groups in total. The summed E-state index contributed by atoms with van der Waals surface area (Å²) >= 11 is 0. The van der Waals surface area contributed by atoms with E-state index < -0.39 is 6.10 Å². The molecule has 1 aromatic rings. The molecule has 0 aromatic heterocycles. The number of anilines is 1. The third-order valence-electron chi connectivity index (χ3n) is 2.52. The number of aliphatic hydroxyl groups excluding tert-OH is 1. The molecule has 0 saturated carbocycles. The first-order chi connectivity index (χ1) is 7.15. The number of nitrogen functional groups attached to an aromatic ring is 1. The lowest BCUT2D eigenvalue weighted by atomic mass is 10.2. The fraction of sp³-hybridized carbons (Fsp3) is 0.364. The summed E-state index contributed by atoms with van der Waals surface area (Å²) in [5.41, 5.74) is 7.33. The van der Waals surface area contributed by atoms with Crippen LogP contribution in [0.3, 0.4) is 0 Å². The van der Waals surface area contributed by atoms with Crippen LogP contribution in [-0.2, 0) is 11.3 Å². The lowest BCUT2D eigenvalue weighted by Crippen LogP contribution is -2.25. The Balaban J connectivity index is 2.06. The van der Waals surface area contributed by atoms with Gasteiger partial charge in [0.1, 0.15) is 0 Å². The van der Waals surface area contributed by atoms with Crippen molar-refractivity contribution in [1.82, 2.24) is 4.90 Å². The third kappa shape index (κ3) is 2.27. The van der Waals surface area contributed by atoms with Crippen molar-refractivity contribution in [3.05, 3.63) is 29.8 Å². The molecule has 0 aliphatic carbocycles. The van der Waals surface area contributed by atoms with E-state index in [1.807, 2.05) is 24.3 Å². The Kier molecular flexibility index (Phi) is 2.60. The molecular formula is C11H14N2O2. The van der Waals surface area contributed by atoms with Crippen molar-refractivity contribution in [1.29, 1.82) is 0 Å². The average Bonchev–Trinajstić information content (AvgIpc) is 2.45. The number of nitrogens with two attached hydrogens (primary N) is 1. The zero-order chi connectivity index (χ0) is 10.8. The van der Waals surface area contributed by atoms with E-state index >= 15 is 0 Å². The van der Waals surface area contributed by atoms with Crippen LogP contribution in [0, 0.1) is 0 Å². The van der Waals surface area contributed by atoms with Crippen molar-refractivity contribution >= 4 is 11.6 Å². The highest BCUT2D eigenvalue weighted by Gasteiger charge is 2.27. The average molecular weight is 206 g/mol. The fourth-order valence-electron chi connectivity index (χ4n) is 1.82. The highest BCUT2D eigenvalue weighted by molar-refractivity contribution is 5.79. The van der Waals surface area contributed by atoms with Gasteiger partial charge in [0.15, 0.2) is 0 Å². The zero-order valence-electron chi connectivity index (χ0n) is 8.39. The SMILES string of the molecule is Nc1cccc(CN2CC(O)CC2=O)c1. The van der Waals surface area contributed by atoms with E-state index in [1.165, 1.54) is 0 Å². The number of likely N-dealkylation sites (tertiary alicyclic amines) is 1. The predicted octanol–water partition coefficient (Wildman–Crippen LogP) is 0.362. The quantitative estimate of drug-likeness (QED) is 0.687. The van der Waals surface area contributed by atoms with E-state index in [-0.39, 0.29) is 12.3 Å². The standard InChI is InChI=1S/C11H14N2O2/c12-9-3-1-2-8(4-9)6-13-7-10(14)5-11(13)15/h1-4,10,14H,5-7,12H2. The normalized spacial score (nSPS) is 21.0. The van der Waals surface area contributed by atoms with E-state index in [1.54, 1.807) is 4.90 Å². The van der Waals surface area contributed by atoms with Crippen molar-refractivity contribution < 1.29 is 9.90 Å². The van der Waals surface area contributed by atoms with Gasteiger partial charge in [0.25, 0.3) is 0 Å². The summed E-state index contributed by atoms with van der Waals surface area (Å²) in [5, 5.41) is 9.32. The minimum absolute atomic E-state index is 0.00456. The van der Waals surface area contributed by atoms with Crippen molar-refractivity contribution in [3.63, 3.8) is 0 Å². The molecule has 2 rings (SSSR count). The van der Waals surface area contributed by atoms with E-state index in [2.05, 4.69) is 0 Å². The first-order valence-corrected chi connectivity index (χ1v) is 4.95. The lowest BCUT2D eigenvalue weighted by molar-refractivity contribution is -0.128. The van der Waals surface area contributed by atoms with Gasteiger partial charge in [-0.15, -0.1) is 0 Å². The van der Waals surface area contributed by atoms with Gasteiger partial charge in [0, 0.05) is 18.8 Å². The van der Waals surface area contributed by atoms with Gasteiger partial charge in [-0.25, -0.2) is 0 Å². The maximum atomic E-state index is 11.4. The van der Waals surface area contributed by atoms with Crippen molar-refractivity contribution in [2.24, 2.45) is 0 Å². The molecule has 1 aliphatic heterocycles. The van der Waals surface area contributed by atoms with E-state index in [0.717, 1.165) is 5.56 Å². The Morgan fingerprint density at radius 3 is 2.93 bits per heavy atom. The van der Waals surface area contributed by atoms with Gasteiger partial charge < -0.3 is 15.7 Å². The number of hydrogen-bond donors (Lipinski definition) is 2. The highest BCUT2D eigenvalue weighted by Crippen LogP contribution is 2.16. The van der Waals surface area contributed by atoms with Crippen molar-refractivity contribution in [3.8, 4) is 0 Å². The van der Waals surface area contributed by atoms with Crippen LogP contribution in [0.2, 0.25) is 0 Å². The number of nitrogens with zero attached hydrogens (tertiary/aromatic N) is 1. The van der Waals surface area contributed by atoms with Gasteiger partial charge in [-0.1, -0.05) is 12.1 Å². The number of aliphatic hydroxyl groups is 1. The maximum absolute atomic E-state index is 11.4. The number of β-amino-alcohol motifs (C(OH)–C–C–N with tert-alkyl or cyclic N) is 1. The zero-order valence-corrected chi connectivity index (χ0v) is 8.39. The number of benzene rings is 1. The topological polar surface area (TPSA) is 66.6 Å². The summed E-state index contributed by atoms with van der Waals surface area (Å²) in [6.07, 6.45) is -0.277. The molecule has 4 nitrogen and oxygen atoms in total. The Labute approximate surface area is 88.3 Å². The Morgan fingerprint density at radius 1 is 1.53 bits per heavy atom. The molecule has 0 bridgehead atoms. The molecule has 1 aromatic carbocycles. The second kappa shape index (κ2) is 3.90. The van der Waals surface area contributed by atoms with Gasteiger partial charge in [-0.2, -0.15) is 0 Å². The van der Waals surface area contributed by atoms with Crippen LogP contribution >= 0.6 is 0 Å². The summed E-state index contributed by atoms with van der Waals surface area (Å²) in [6, 6.07) is 7.44. The van der Waals surface area contributed by atoms with Gasteiger partial charge in [-0.05, 0) is 17.7 Å². The molecule has 0 spiro atoms. The fourth-order valence-corrected chi connectivity index (χ4v) is 1.82. The third-order valence-corrected chi connectivity index (χ3v) is 2.52. The van der Waals surface area contributed by atoms with Crippen LogP contribution in [0.1, 0.15) is 12.0 Å². The minimum atomic E-state index is -0.515. The highest BCUT2D eigenvalue weighted by atomic mass is 16.3. The van der Waals surface area contributed by atoms with Gasteiger partial charge in [0.05, 0.1) is 12.5 Å².